The van der Waals surface area contributed by atoms with E-state index in [-0.39, 0.29) is 63.6 Å². The molecule has 0 saturated carbocycles. The number of piperazine rings is 1. The monoisotopic (exact) mass is 673 g/mol. The molecule has 3 aromatic rings. The Morgan fingerprint density at radius 3 is 2.52 bits per heavy atom. The molecule has 1 aromatic heterocycles. The predicted octanol–water partition coefficient (Wildman–Crippen LogP) is 3.28. The van der Waals surface area contributed by atoms with Crippen molar-refractivity contribution in [3.05, 3.63) is 63.8 Å². The molecule has 46 heavy (non-hydrogen) atoms. The summed E-state index contributed by atoms with van der Waals surface area (Å²) in [4.78, 5) is 54.9. The summed E-state index contributed by atoms with van der Waals surface area (Å²) in [6.07, 6.45) is 2.22. The van der Waals surface area contributed by atoms with Crippen LogP contribution in [0.25, 0.3) is 11.3 Å². The maximum absolute atomic E-state index is 14.7. The molecule has 2 aromatic carbocycles. The molecule has 2 saturated heterocycles. The highest BCUT2D eigenvalue weighted by molar-refractivity contribution is 6.34. The number of carbonyl (C=O) groups excluding carboxylic acids is 3. The van der Waals surface area contributed by atoms with E-state index in [1.54, 1.807) is 30.1 Å². The van der Waals surface area contributed by atoms with Crippen molar-refractivity contribution in [1.82, 2.24) is 24.7 Å². The maximum Gasteiger partial charge on any atom is 0.291 e. The Morgan fingerprint density at radius 1 is 1.20 bits per heavy atom. The number of anilines is 1. The van der Waals surface area contributed by atoms with E-state index >= 15 is 0 Å². The normalized spacial score (nSPS) is 15.8. The first-order valence-electron chi connectivity index (χ1n) is 14.1. The van der Waals surface area contributed by atoms with Gasteiger partial charge in [0.2, 0.25) is 5.91 Å². The molecule has 0 radical (unpaired) electrons. The summed E-state index contributed by atoms with van der Waals surface area (Å²) in [6, 6.07) is 9.22. The van der Waals surface area contributed by atoms with Crippen molar-refractivity contribution < 1.29 is 33.4 Å². The number of hydrogen-bond donors (Lipinski definition) is 3. The molecule has 13 nitrogen and oxygen atoms in total. The van der Waals surface area contributed by atoms with Crippen LogP contribution < -0.4 is 15.4 Å². The van der Waals surface area contributed by atoms with Gasteiger partial charge in [0.05, 0.1) is 33.4 Å². The van der Waals surface area contributed by atoms with Crippen molar-refractivity contribution in [3.63, 3.8) is 0 Å². The standard InChI is InChI=1S/C29H28Cl2FN7O4.CH2O2/c1-37-22(20-4-5-23(43-13-7-33)25(32)24(20)31)16-35-26(37)27(40)36-18-2-3-19(21(30)14-18)29(42)39-11-9-38(10-12-39)28(41)17-6-8-34-15-17;2-1-3/h2-5,14,16-17,34H,6,8-13,15H2,1H3,(H,36,40);1H,(H,2,3)/t17-;/m0./s1. The van der Waals surface area contributed by atoms with Crippen LogP contribution in [-0.2, 0) is 16.6 Å². The summed E-state index contributed by atoms with van der Waals surface area (Å²) in [5.41, 5.74) is 1.29. The van der Waals surface area contributed by atoms with Gasteiger partial charge in [0, 0.05) is 51.0 Å². The van der Waals surface area contributed by atoms with E-state index < -0.39 is 11.7 Å². The van der Waals surface area contributed by atoms with Crippen LogP contribution in [0.5, 0.6) is 5.75 Å². The van der Waals surface area contributed by atoms with Crippen molar-refractivity contribution in [2.24, 2.45) is 13.0 Å². The number of rotatable bonds is 7. The van der Waals surface area contributed by atoms with Gasteiger partial charge in [0.15, 0.2) is 24.0 Å². The zero-order valence-electron chi connectivity index (χ0n) is 24.6. The molecule has 2 aliphatic rings. The van der Waals surface area contributed by atoms with E-state index in [2.05, 4.69) is 15.6 Å². The number of nitriles is 1. The Hall–Kier alpha value is -4.71. The second-order valence-corrected chi connectivity index (χ2v) is 11.1. The largest absolute Gasteiger partial charge is 0.483 e. The van der Waals surface area contributed by atoms with Crippen LogP contribution in [0.15, 0.2) is 36.5 Å². The minimum absolute atomic E-state index is 0.0000287. The zero-order chi connectivity index (χ0) is 33.4. The smallest absolute Gasteiger partial charge is 0.291 e. The molecule has 0 bridgehead atoms. The van der Waals surface area contributed by atoms with E-state index in [0.29, 0.717) is 44.1 Å². The van der Waals surface area contributed by atoms with E-state index in [1.807, 2.05) is 4.90 Å². The van der Waals surface area contributed by atoms with Crippen molar-refractivity contribution in [2.45, 2.75) is 6.42 Å². The van der Waals surface area contributed by atoms with Gasteiger partial charge in [-0.15, -0.1) is 0 Å². The molecule has 3 heterocycles. The summed E-state index contributed by atoms with van der Waals surface area (Å²) in [5, 5.41) is 21.4. The highest BCUT2D eigenvalue weighted by Crippen LogP contribution is 2.35. The van der Waals surface area contributed by atoms with Gasteiger partial charge in [-0.1, -0.05) is 23.2 Å². The lowest BCUT2D eigenvalue weighted by atomic mass is 10.1. The third-order valence-corrected chi connectivity index (χ3v) is 8.23. The van der Waals surface area contributed by atoms with E-state index in [1.165, 1.54) is 29.0 Å². The average Bonchev–Trinajstić information content (AvgIpc) is 3.72. The lowest BCUT2D eigenvalue weighted by Crippen LogP contribution is -2.52. The Kier molecular flexibility index (Phi) is 11.5. The molecule has 16 heteroatoms. The Bertz CT molecular complexity index is 1660. The van der Waals surface area contributed by atoms with Crippen LogP contribution in [0.3, 0.4) is 0 Å². The molecular formula is C30H30Cl2FN7O6. The molecule has 3 N–H and O–H groups in total. The molecular weight excluding hydrogens is 644 g/mol. The van der Waals surface area contributed by atoms with Crippen molar-refractivity contribution >= 4 is 53.1 Å². The number of aromatic nitrogens is 2. The van der Waals surface area contributed by atoms with Crippen LogP contribution in [0.1, 0.15) is 27.4 Å². The van der Waals surface area contributed by atoms with E-state index in [0.717, 1.165) is 13.0 Å². The van der Waals surface area contributed by atoms with Gasteiger partial charge in [-0.25, -0.2) is 9.37 Å². The molecule has 2 fully saturated rings. The molecule has 0 aliphatic carbocycles. The summed E-state index contributed by atoms with van der Waals surface area (Å²) in [5.74, 6) is -1.66. The van der Waals surface area contributed by atoms with Gasteiger partial charge in [-0.2, -0.15) is 5.26 Å². The predicted molar refractivity (Wildman–Crippen MR) is 166 cm³/mol. The molecule has 3 amide bonds. The Morgan fingerprint density at radius 2 is 1.89 bits per heavy atom. The molecule has 5 rings (SSSR count). The van der Waals surface area contributed by atoms with E-state index in [4.69, 9.17) is 43.1 Å². The number of nitrogens with one attached hydrogen (secondary N) is 2. The first-order chi connectivity index (χ1) is 22.1. The van der Waals surface area contributed by atoms with Crippen LogP contribution in [-0.4, -0.2) is 94.5 Å². The highest BCUT2D eigenvalue weighted by Gasteiger charge is 2.31. The third kappa shape index (κ3) is 7.56. The van der Waals surface area contributed by atoms with Gasteiger partial charge in [-0.05, 0) is 43.3 Å². The zero-order valence-corrected chi connectivity index (χ0v) is 26.1. The number of nitrogens with zero attached hydrogens (tertiary/aromatic N) is 5. The molecule has 1 atom stereocenters. The summed E-state index contributed by atoms with van der Waals surface area (Å²) < 4.78 is 21.2. The second kappa shape index (κ2) is 15.5. The number of carboxylic acid groups (broad SMARTS) is 1. The fourth-order valence-electron chi connectivity index (χ4n) is 5.20. The van der Waals surface area contributed by atoms with Crippen molar-refractivity contribution in [2.75, 3.05) is 51.2 Å². The summed E-state index contributed by atoms with van der Waals surface area (Å²) in [7, 11) is 1.58. The fraction of sp³-hybridized carbons (Fsp3) is 0.333. The molecule has 0 spiro atoms. The summed E-state index contributed by atoms with van der Waals surface area (Å²) in [6.45, 7) is 2.71. The van der Waals surface area contributed by atoms with Gasteiger partial charge in [0.25, 0.3) is 18.3 Å². The van der Waals surface area contributed by atoms with Crippen LogP contribution in [0, 0.1) is 23.1 Å². The number of benzene rings is 2. The number of imidazole rings is 1. The lowest BCUT2D eigenvalue weighted by molar-refractivity contribution is -0.136. The number of carbonyl (C=O) groups is 4. The lowest BCUT2D eigenvalue weighted by Gasteiger charge is -2.36. The highest BCUT2D eigenvalue weighted by atomic mass is 35.5. The number of ether oxygens (including phenoxy) is 1. The number of hydrogen-bond acceptors (Lipinski definition) is 8. The minimum Gasteiger partial charge on any atom is -0.483 e. The Labute approximate surface area is 273 Å². The van der Waals surface area contributed by atoms with Crippen LogP contribution >= 0.6 is 23.2 Å². The molecule has 242 valence electrons. The van der Waals surface area contributed by atoms with Gasteiger partial charge < -0.3 is 34.8 Å². The topological polar surface area (TPSA) is 170 Å². The number of amides is 3. The Balaban J connectivity index is 0.00000154. The van der Waals surface area contributed by atoms with Gasteiger partial charge in [-0.3, -0.25) is 19.2 Å². The first-order valence-corrected chi connectivity index (χ1v) is 14.8. The average molecular weight is 675 g/mol. The second-order valence-electron chi connectivity index (χ2n) is 10.3. The SMILES string of the molecule is Cn1c(-c2ccc(OCC#N)c(F)c2Cl)cnc1C(=O)Nc1ccc(C(=O)N2CCN(C(=O)[C@H]3CCNC3)CC2)c(Cl)c1.O=CO. The third-order valence-electron chi connectivity index (χ3n) is 7.55. The first kappa shape index (κ1) is 34.2. The van der Waals surface area contributed by atoms with Crippen LogP contribution in [0.2, 0.25) is 10.0 Å². The van der Waals surface area contributed by atoms with Gasteiger partial charge in [0.1, 0.15) is 6.07 Å². The maximum atomic E-state index is 14.7. The molecule has 2 aliphatic heterocycles. The van der Waals surface area contributed by atoms with E-state index in [9.17, 15) is 18.8 Å². The number of halogens is 3. The van der Waals surface area contributed by atoms with Gasteiger partial charge >= 0.3 is 0 Å². The quantitative estimate of drug-likeness (QED) is 0.319. The van der Waals surface area contributed by atoms with Crippen molar-refractivity contribution in [3.8, 4) is 23.1 Å². The van der Waals surface area contributed by atoms with Crippen molar-refractivity contribution in [1.29, 1.82) is 5.26 Å². The minimum atomic E-state index is -0.831. The molecule has 0 unspecified atom stereocenters. The fourth-order valence-corrected chi connectivity index (χ4v) is 5.71. The summed E-state index contributed by atoms with van der Waals surface area (Å²) >= 11 is 12.7. The van der Waals surface area contributed by atoms with Crippen LogP contribution in [0.4, 0.5) is 10.1 Å².